The van der Waals surface area contributed by atoms with Crippen molar-refractivity contribution in [2.45, 2.75) is 0 Å². The molecule has 0 saturated heterocycles. The summed E-state index contributed by atoms with van der Waals surface area (Å²) in [6.07, 6.45) is 3.39. The summed E-state index contributed by atoms with van der Waals surface area (Å²) in [7, 11) is 0. The van der Waals surface area contributed by atoms with Gasteiger partial charge in [-0.3, -0.25) is 4.57 Å². The summed E-state index contributed by atoms with van der Waals surface area (Å²) in [5.74, 6) is 0. The third kappa shape index (κ3) is 2.43. The second-order valence-corrected chi connectivity index (χ2v) is 5.59. The summed E-state index contributed by atoms with van der Waals surface area (Å²) < 4.78 is 7.97. The van der Waals surface area contributed by atoms with Crippen LogP contribution in [0.3, 0.4) is 0 Å². The third-order valence-electron chi connectivity index (χ3n) is 3.77. The molecule has 0 aliphatic carbocycles. The summed E-state index contributed by atoms with van der Waals surface area (Å²) >= 11 is 5.59. The van der Waals surface area contributed by atoms with Crippen molar-refractivity contribution in [2.75, 3.05) is 0 Å². The average Bonchev–Trinajstić information content (AvgIpc) is 3.24. The van der Waals surface area contributed by atoms with Crippen LogP contribution in [0, 0.1) is 4.77 Å². The first kappa shape index (κ1) is 13.8. The quantitative estimate of drug-likeness (QED) is 0.509. The number of rotatable bonds is 3. The Hall–Kier alpha value is -2.85. The van der Waals surface area contributed by atoms with E-state index in [1.807, 2.05) is 42.5 Å². The average molecular weight is 318 g/mol. The highest BCUT2D eigenvalue weighted by Gasteiger charge is 2.17. The Morgan fingerprint density at radius 3 is 2.17 bits per heavy atom. The molecule has 2 aromatic carbocycles. The predicted octanol–water partition coefficient (Wildman–Crippen LogP) is 5.46. The van der Waals surface area contributed by atoms with Crippen LogP contribution in [-0.2, 0) is 0 Å². The van der Waals surface area contributed by atoms with Crippen LogP contribution in [0.15, 0.2) is 83.7 Å². The molecule has 2 heterocycles. The van der Waals surface area contributed by atoms with Gasteiger partial charge in [-0.15, -0.1) is 0 Å². The normalized spacial score (nSPS) is 10.8. The van der Waals surface area contributed by atoms with E-state index in [-0.39, 0.29) is 0 Å². The second kappa shape index (κ2) is 5.74. The van der Waals surface area contributed by atoms with E-state index in [4.69, 9.17) is 16.6 Å². The largest absolute Gasteiger partial charge is 0.472 e. The van der Waals surface area contributed by atoms with Crippen molar-refractivity contribution < 1.29 is 4.42 Å². The summed E-state index contributed by atoms with van der Waals surface area (Å²) in [6.45, 7) is 0. The first-order valence-corrected chi connectivity index (χ1v) is 7.74. The van der Waals surface area contributed by atoms with Gasteiger partial charge in [0.15, 0.2) is 4.77 Å². The zero-order chi connectivity index (χ0) is 15.6. The predicted molar refractivity (Wildman–Crippen MR) is 94.1 cm³/mol. The van der Waals surface area contributed by atoms with Crippen molar-refractivity contribution in [3.63, 3.8) is 0 Å². The zero-order valence-corrected chi connectivity index (χ0v) is 13.1. The SMILES string of the molecule is S=c1[nH]c(-c2ccoc2)c(-c2ccccc2)n1-c1ccccc1. The van der Waals surface area contributed by atoms with E-state index in [1.165, 1.54) is 0 Å². The molecule has 4 rings (SSSR count). The minimum absolute atomic E-state index is 0.659. The Bertz CT molecular complexity index is 967. The number of para-hydroxylation sites is 1. The van der Waals surface area contributed by atoms with E-state index in [9.17, 15) is 0 Å². The standard InChI is InChI=1S/C19H14N2OS/c23-19-20-17(15-11-12-22-13-15)18(14-7-3-1-4-8-14)21(19)16-9-5-2-6-10-16/h1-13H,(H,20,23). The van der Waals surface area contributed by atoms with Gasteiger partial charge >= 0.3 is 0 Å². The van der Waals surface area contributed by atoms with Crippen LogP contribution in [0.2, 0.25) is 0 Å². The molecule has 0 aliphatic rings. The molecule has 0 amide bonds. The lowest BCUT2D eigenvalue weighted by Gasteiger charge is -2.10. The number of hydrogen-bond acceptors (Lipinski definition) is 2. The number of nitrogens with zero attached hydrogens (tertiary/aromatic N) is 1. The number of imidazole rings is 1. The molecule has 3 nitrogen and oxygen atoms in total. The molecular weight excluding hydrogens is 304 g/mol. The molecule has 1 N–H and O–H groups in total. The number of benzene rings is 2. The number of aromatic amines is 1. The zero-order valence-electron chi connectivity index (χ0n) is 12.3. The maximum absolute atomic E-state index is 5.59. The molecule has 0 fully saturated rings. The van der Waals surface area contributed by atoms with Gasteiger partial charge in [-0.05, 0) is 30.4 Å². The second-order valence-electron chi connectivity index (χ2n) is 5.20. The van der Waals surface area contributed by atoms with E-state index in [0.29, 0.717) is 4.77 Å². The maximum atomic E-state index is 5.59. The molecule has 0 bridgehead atoms. The molecule has 112 valence electrons. The fourth-order valence-electron chi connectivity index (χ4n) is 2.74. The van der Waals surface area contributed by atoms with E-state index in [0.717, 1.165) is 28.2 Å². The van der Waals surface area contributed by atoms with Gasteiger partial charge in [-0.1, -0.05) is 48.5 Å². The van der Waals surface area contributed by atoms with E-state index < -0.39 is 0 Å². The van der Waals surface area contributed by atoms with Gasteiger partial charge < -0.3 is 9.40 Å². The van der Waals surface area contributed by atoms with Crippen LogP contribution in [0.5, 0.6) is 0 Å². The van der Waals surface area contributed by atoms with Gasteiger partial charge in [0.05, 0.1) is 23.9 Å². The number of H-pyrrole nitrogens is 1. The van der Waals surface area contributed by atoms with E-state index in [1.54, 1.807) is 12.5 Å². The Morgan fingerprint density at radius 2 is 1.52 bits per heavy atom. The van der Waals surface area contributed by atoms with Crippen LogP contribution in [0.4, 0.5) is 0 Å². The Morgan fingerprint density at radius 1 is 0.826 bits per heavy atom. The summed E-state index contributed by atoms with van der Waals surface area (Å²) in [5, 5.41) is 0. The van der Waals surface area contributed by atoms with Crippen molar-refractivity contribution in [1.82, 2.24) is 9.55 Å². The van der Waals surface area contributed by atoms with Crippen molar-refractivity contribution in [3.05, 3.63) is 84.0 Å². The van der Waals surface area contributed by atoms with Crippen LogP contribution < -0.4 is 0 Å². The fourth-order valence-corrected chi connectivity index (χ4v) is 3.04. The molecular formula is C19H14N2OS. The molecule has 0 spiro atoms. The first-order chi connectivity index (χ1) is 11.3. The monoisotopic (exact) mass is 318 g/mol. The van der Waals surface area contributed by atoms with Gasteiger partial charge in [0, 0.05) is 16.8 Å². The summed E-state index contributed by atoms with van der Waals surface area (Å²) in [6, 6.07) is 22.3. The lowest BCUT2D eigenvalue weighted by molar-refractivity contribution is 0.568. The van der Waals surface area contributed by atoms with Crippen molar-refractivity contribution >= 4 is 12.2 Å². The van der Waals surface area contributed by atoms with E-state index in [2.05, 4.69) is 33.8 Å². The van der Waals surface area contributed by atoms with Gasteiger partial charge in [-0.25, -0.2) is 0 Å². The molecule has 0 unspecified atom stereocenters. The van der Waals surface area contributed by atoms with Crippen LogP contribution >= 0.6 is 12.2 Å². The summed E-state index contributed by atoms with van der Waals surface area (Å²) in [4.78, 5) is 3.33. The molecule has 4 aromatic rings. The lowest BCUT2D eigenvalue weighted by atomic mass is 10.1. The minimum Gasteiger partial charge on any atom is -0.472 e. The molecule has 2 aromatic heterocycles. The molecule has 0 aliphatic heterocycles. The number of nitrogens with one attached hydrogen (secondary N) is 1. The summed E-state index contributed by atoms with van der Waals surface area (Å²) in [5.41, 5.74) is 5.09. The number of furan rings is 1. The van der Waals surface area contributed by atoms with E-state index >= 15 is 0 Å². The van der Waals surface area contributed by atoms with Crippen LogP contribution in [-0.4, -0.2) is 9.55 Å². The first-order valence-electron chi connectivity index (χ1n) is 7.33. The lowest BCUT2D eigenvalue weighted by Crippen LogP contribution is -1.97. The fraction of sp³-hybridized carbons (Fsp3) is 0. The minimum atomic E-state index is 0.659. The van der Waals surface area contributed by atoms with Gasteiger partial charge in [0.2, 0.25) is 0 Å². The maximum Gasteiger partial charge on any atom is 0.182 e. The molecule has 0 atom stereocenters. The smallest absolute Gasteiger partial charge is 0.182 e. The molecule has 4 heteroatoms. The van der Waals surface area contributed by atoms with Crippen molar-refractivity contribution in [2.24, 2.45) is 0 Å². The Labute approximate surface area is 138 Å². The van der Waals surface area contributed by atoms with Crippen molar-refractivity contribution in [3.8, 4) is 28.2 Å². The Balaban J connectivity index is 2.06. The highest BCUT2D eigenvalue weighted by molar-refractivity contribution is 7.71. The third-order valence-corrected chi connectivity index (χ3v) is 4.05. The Kier molecular flexibility index (Phi) is 3.44. The number of hydrogen-bond donors (Lipinski definition) is 1. The van der Waals surface area contributed by atoms with Crippen LogP contribution in [0.25, 0.3) is 28.2 Å². The highest BCUT2D eigenvalue weighted by Crippen LogP contribution is 2.34. The van der Waals surface area contributed by atoms with Crippen molar-refractivity contribution in [1.29, 1.82) is 0 Å². The molecule has 0 saturated carbocycles. The van der Waals surface area contributed by atoms with Crippen LogP contribution in [0.1, 0.15) is 0 Å². The van der Waals surface area contributed by atoms with Gasteiger partial charge in [-0.2, -0.15) is 0 Å². The highest BCUT2D eigenvalue weighted by atomic mass is 32.1. The van der Waals surface area contributed by atoms with Gasteiger partial charge in [0.1, 0.15) is 0 Å². The number of aromatic nitrogens is 2. The molecule has 23 heavy (non-hydrogen) atoms. The van der Waals surface area contributed by atoms with Gasteiger partial charge in [0.25, 0.3) is 0 Å². The molecule has 0 radical (unpaired) electrons. The topological polar surface area (TPSA) is 33.9 Å².